The minimum atomic E-state index is -0.353. The second-order valence-corrected chi connectivity index (χ2v) is 4.29. The second kappa shape index (κ2) is 5.49. The third kappa shape index (κ3) is 2.50. The summed E-state index contributed by atoms with van der Waals surface area (Å²) in [4.78, 5) is 12.1. The highest BCUT2D eigenvalue weighted by Gasteiger charge is 2.17. The van der Waals surface area contributed by atoms with E-state index < -0.39 is 0 Å². The van der Waals surface area contributed by atoms with E-state index in [4.69, 9.17) is 14.4 Å². The van der Waals surface area contributed by atoms with Crippen molar-refractivity contribution in [1.29, 1.82) is 5.26 Å². The molecule has 102 valence electrons. The summed E-state index contributed by atoms with van der Waals surface area (Å²) in [5, 5.41) is 11.7. The predicted octanol–water partition coefficient (Wildman–Crippen LogP) is 3.03. The Kier molecular flexibility index (Phi) is 3.76. The number of carbonyl (C=O) groups is 1. The number of nitrogens with one attached hydrogen (secondary N) is 1. The molecule has 0 bridgehead atoms. The number of amides is 1. The van der Waals surface area contributed by atoms with Crippen LogP contribution in [0.2, 0.25) is 0 Å². The molecule has 0 aliphatic carbocycles. The van der Waals surface area contributed by atoms with Gasteiger partial charge in [-0.25, -0.2) is 0 Å². The molecule has 1 N–H and O–H groups in total. The average Bonchev–Trinajstić information content (AvgIpc) is 2.73. The first-order chi connectivity index (χ1) is 9.56. The molecule has 1 heterocycles. The van der Waals surface area contributed by atoms with Gasteiger partial charge in [-0.15, -0.1) is 0 Å². The van der Waals surface area contributed by atoms with E-state index in [1.807, 2.05) is 6.07 Å². The molecule has 2 aromatic rings. The standard InChI is InChI=1S/C15H14N2O3/c1-9-10(2)20-15(13(9)8-16)17-14(18)11-5-4-6-12(7-11)19-3/h4-7H,1-3H3,(H,17,18). The van der Waals surface area contributed by atoms with E-state index >= 15 is 0 Å². The molecule has 1 aromatic carbocycles. The van der Waals surface area contributed by atoms with Crippen molar-refractivity contribution in [3.63, 3.8) is 0 Å². The van der Waals surface area contributed by atoms with Crippen molar-refractivity contribution in [3.8, 4) is 11.8 Å². The molecule has 0 saturated carbocycles. The minimum Gasteiger partial charge on any atom is -0.497 e. The van der Waals surface area contributed by atoms with E-state index in [2.05, 4.69) is 5.32 Å². The van der Waals surface area contributed by atoms with Crippen molar-refractivity contribution in [2.75, 3.05) is 12.4 Å². The van der Waals surface area contributed by atoms with Crippen LogP contribution in [-0.4, -0.2) is 13.0 Å². The van der Waals surface area contributed by atoms with Gasteiger partial charge in [-0.2, -0.15) is 5.26 Å². The van der Waals surface area contributed by atoms with E-state index in [-0.39, 0.29) is 11.8 Å². The Bertz CT molecular complexity index is 696. The van der Waals surface area contributed by atoms with Crippen LogP contribution in [0.3, 0.4) is 0 Å². The summed E-state index contributed by atoms with van der Waals surface area (Å²) in [7, 11) is 1.53. The summed E-state index contributed by atoms with van der Waals surface area (Å²) in [5.74, 6) is 1.02. The number of rotatable bonds is 3. The lowest BCUT2D eigenvalue weighted by atomic mass is 10.1. The van der Waals surface area contributed by atoms with E-state index in [9.17, 15) is 4.79 Å². The molecule has 0 saturated heterocycles. The van der Waals surface area contributed by atoms with Crippen LogP contribution in [0, 0.1) is 25.2 Å². The Morgan fingerprint density at radius 2 is 2.15 bits per heavy atom. The van der Waals surface area contributed by atoms with Gasteiger partial charge in [0.1, 0.15) is 23.1 Å². The molecule has 1 amide bonds. The van der Waals surface area contributed by atoms with E-state index in [0.717, 1.165) is 5.56 Å². The van der Waals surface area contributed by atoms with Gasteiger partial charge >= 0.3 is 0 Å². The Morgan fingerprint density at radius 3 is 2.80 bits per heavy atom. The molecule has 0 fully saturated rings. The Labute approximate surface area is 116 Å². The number of hydrogen-bond donors (Lipinski definition) is 1. The largest absolute Gasteiger partial charge is 0.497 e. The van der Waals surface area contributed by atoms with E-state index in [1.54, 1.807) is 38.1 Å². The summed E-state index contributed by atoms with van der Waals surface area (Å²) in [5.41, 5.74) is 1.51. The van der Waals surface area contributed by atoms with Crippen LogP contribution in [0.4, 0.5) is 5.88 Å². The topological polar surface area (TPSA) is 75.3 Å². The van der Waals surface area contributed by atoms with Gasteiger partial charge in [-0.1, -0.05) is 6.07 Å². The Hall–Kier alpha value is -2.74. The summed E-state index contributed by atoms with van der Waals surface area (Å²) in [6, 6.07) is 8.77. The molecule has 0 spiro atoms. The van der Waals surface area contributed by atoms with Gasteiger partial charge in [0.25, 0.3) is 5.91 Å². The number of ether oxygens (including phenoxy) is 1. The summed E-state index contributed by atoms with van der Waals surface area (Å²) in [6.07, 6.45) is 0. The average molecular weight is 270 g/mol. The normalized spacial score (nSPS) is 9.90. The summed E-state index contributed by atoms with van der Waals surface area (Å²) in [6.45, 7) is 3.52. The summed E-state index contributed by atoms with van der Waals surface area (Å²) >= 11 is 0. The van der Waals surface area contributed by atoms with Crippen molar-refractivity contribution in [1.82, 2.24) is 0 Å². The molecule has 20 heavy (non-hydrogen) atoms. The van der Waals surface area contributed by atoms with E-state index in [1.165, 1.54) is 7.11 Å². The quantitative estimate of drug-likeness (QED) is 0.930. The number of carbonyl (C=O) groups excluding carboxylic acids is 1. The van der Waals surface area contributed by atoms with Crippen LogP contribution in [0.1, 0.15) is 27.2 Å². The van der Waals surface area contributed by atoms with Crippen molar-refractivity contribution in [2.24, 2.45) is 0 Å². The van der Waals surface area contributed by atoms with Crippen LogP contribution in [0.15, 0.2) is 28.7 Å². The first-order valence-electron chi connectivity index (χ1n) is 6.02. The number of nitrogens with zero attached hydrogens (tertiary/aromatic N) is 1. The maximum absolute atomic E-state index is 12.1. The van der Waals surface area contributed by atoms with Gasteiger partial charge in [0.15, 0.2) is 0 Å². The number of methoxy groups -OCH3 is 1. The highest BCUT2D eigenvalue weighted by molar-refractivity contribution is 6.04. The zero-order valence-corrected chi connectivity index (χ0v) is 11.5. The minimum absolute atomic E-state index is 0.176. The van der Waals surface area contributed by atoms with Crippen molar-refractivity contribution >= 4 is 11.8 Å². The number of aryl methyl sites for hydroxylation is 1. The zero-order valence-electron chi connectivity index (χ0n) is 11.5. The Balaban J connectivity index is 2.28. The first kappa shape index (κ1) is 13.7. The fourth-order valence-electron chi connectivity index (χ4n) is 1.79. The predicted molar refractivity (Wildman–Crippen MR) is 73.8 cm³/mol. The third-order valence-corrected chi connectivity index (χ3v) is 3.06. The molecular weight excluding hydrogens is 256 g/mol. The van der Waals surface area contributed by atoms with E-state index in [0.29, 0.717) is 22.6 Å². The number of anilines is 1. The fraction of sp³-hybridized carbons (Fsp3) is 0.200. The molecule has 0 aliphatic heterocycles. The van der Waals surface area contributed by atoms with Gasteiger partial charge < -0.3 is 9.15 Å². The van der Waals surface area contributed by atoms with Crippen molar-refractivity contribution in [2.45, 2.75) is 13.8 Å². The monoisotopic (exact) mass is 270 g/mol. The number of hydrogen-bond acceptors (Lipinski definition) is 4. The molecule has 2 rings (SSSR count). The van der Waals surface area contributed by atoms with Crippen molar-refractivity contribution < 1.29 is 13.9 Å². The van der Waals surface area contributed by atoms with Gasteiger partial charge in [0.2, 0.25) is 5.88 Å². The highest BCUT2D eigenvalue weighted by atomic mass is 16.5. The molecule has 5 heteroatoms. The molecule has 5 nitrogen and oxygen atoms in total. The lowest BCUT2D eigenvalue weighted by molar-refractivity contribution is 0.102. The molecule has 1 aromatic heterocycles. The maximum Gasteiger partial charge on any atom is 0.258 e. The van der Waals surface area contributed by atoms with Crippen LogP contribution in [-0.2, 0) is 0 Å². The van der Waals surface area contributed by atoms with Crippen LogP contribution >= 0.6 is 0 Å². The van der Waals surface area contributed by atoms with Crippen LogP contribution in [0.5, 0.6) is 5.75 Å². The molecule has 0 aliphatic rings. The number of benzene rings is 1. The lowest BCUT2D eigenvalue weighted by Gasteiger charge is -2.04. The maximum atomic E-state index is 12.1. The first-order valence-corrected chi connectivity index (χ1v) is 6.02. The molecule has 0 radical (unpaired) electrons. The number of nitriles is 1. The van der Waals surface area contributed by atoms with Crippen molar-refractivity contribution in [3.05, 3.63) is 46.7 Å². The smallest absolute Gasteiger partial charge is 0.258 e. The van der Waals surface area contributed by atoms with Crippen LogP contribution in [0.25, 0.3) is 0 Å². The molecular formula is C15H14N2O3. The fourth-order valence-corrected chi connectivity index (χ4v) is 1.79. The SMILES string of the molecule is COc1cccc(C(=O)Nc2oc(C)c(C)c2C#N)c1. The van der Waals surface area contributed by atoms with Crippen LogP contribution < -0.4 is 10.1 Å². The van der Waals surface area contributed by atoms with Gasteiger partial charge in [0, 0.05) is 11.1 Å². The Morgan fingerprint density at radius 1 is 1.40 bits per heavy atom. The number of furan rings is 1. The van der Waals surface area contributed by atoms with Gasteiger partial charge in [-0.05, 0) is 32.0 Å². The summed E-state index contributed by atoms with van der Waals surface area (Å²) < 4.78 is 10.5. The van der Waals surface area contributed by atoms with Gasteiger partial charge in [0.05, 0.1) is 7.11 Å². The highest BCUT2D eigenvalue weighted by Crippen LogP contribution is 2.26. The lowest BCUT2D eigenvalue weighted by Crippen LogP contribution is -2.12. The third-order valence-electron chi connectivity index (χ3n) is 3.06. The zero-order chi connectivity index (χ0) is 14.7. The second-order valence-electron chi connectivity index (χ2n) is 4.29. The molecule has 0 atom stereocenters. The molecule has 0 unspecified atom stereocenters. The van der Waals surface area contributed by atoms with Gasteiger partial charge in [-0.3, -0.25) is 10.1 Å².